The molecule has 0 aliphatic heterocycles. The molecule has 0 aromatic heterocycles. The molecular weight excluding hydrogens is 462 g/mol. The molecule has 37 heavy (non-hydrogen) atoms. The number of para-hydroxylation sites is 3. The first-order chi connectivity index (χ1) is 18.1. The molecule has 0 bridgehead atoms. The molecule has 4 aromatic carbocycles. The third kappa shape index (κ3) is 5.84. The van der Waals surface area contributed by atoms with Crippen molar-refractivity contribution in [3.63, 3.8) is 0 Å². The maximum Gasteiger partial charge on any atom is 0.144 e. The first-order valence-electron chi connectivity index (χ1n) is 12.6. The molecule has 0 aliphatic carbocycles. The first kappa shape index (κ1) is 26.0. The van der Waals surface area contributed by atoms with Gasteiger partial charge >= 0.3 is 0 Å². The minimum atomic E-state index is -1.62. The van der Waals surface area contributed by atoms with Crippen LogP contribution in [-0.4, -0.2) is 35.7 Å². The van der Waals surface area contributed by atoms with Crippen LogP contribution in [0.1, 0.15) is 36.1 Å². The molecule has 1 atom stereocenters. The van der Waals surface area contributed by atoms with E-state index in [1.807, 2.05) is 98.8 Å². The van der Waals surface area contributed by atoms with Gasteiger partial charge < -0.3 is 19.7 Å². The highest BCUT2D eigenvalue weighted by molar-refractivity contribution is 5.83. The molecule has 0 amide bonds. The molecule has 0 radical (unpaired) electrons. The zero-order valence-electron chi connectivity index (χ0n) is 21.2. The number of hydrogen-bond acceptors (Lipinski definition) is 5. The van der Waals surface area contributed by atoms with Crippen molar-refractivity contribution < 1.29 is 19.7 Å². The van der Waals surface area contributed by atoms with E-state index in [1.165, 1.54) is 0 Å². The lowest BCUT2D eigenvalue weighted by molar-refractivity contribution is 0.0467. The van der Waals surface area contributed by atoms with Crippen LogP contribution < -0.4 is 9.47 Å². The topological polar surface area (TPSA) is 71.3 Å². The van der Waals surface area contributed by atoms with Crippen molar-refractivity contribution in [2.75, 3.05) is 13.2 Å². The van der Waals surface area contributed by atoms with Crippen LogP contribution in [0.2, 0.25) is 0 Å². The Morgan fingerprint density at radius 3 is 1.81 bits per heavy atom. The van der Waals surface area contributed by atoms with E-state index in [-0.39, 0.29) is 5.75 Å². The van der Waals surface area contributed by atoms with Crippen molar-refractivity contribution in [3.05, 3.63) is 125 Å². The summed E-state index contributed by atoms with van der Waals surface area (Å²) in [7, 11) is 0. The van der Waals surface area contributed by atoms with Gasteiger partial charge in [-0.2, -0.15) is 0 Å². The highest BCUT2D eigenvalue weighted by atomic mass is 16.5. The van der Waals surface area contributed by atoms with Gasteiger partial charge in [0.25, 0.3) is 0 Å². The lowest BCUT2D eigenvalue weighted by Crippen LogP contribution is -2.42. The van der Waals surface area contributed by atoms with Crippen LogP contribution in [0, 0.1) is 0 Å². The average molecular weight is 496 g/mol. The molecule has 5 heteroatoms. The zero-order chi connectivity index (χ0) is 26.1. The first-order valence-corrected chi connectivity index (χ1v) is 12.6. The number of benzene rings is 4. The van der Waals surface area contributed by atoms with Crippen LogP contribution >= 0.6 is 0 Å². The van der Waals surface area contributed by atoms with Gasteiger partial charge in [-0.1, -0.05) is 78.9 Å². The van der Waals surface area contributed by atoms with E-state index < -0.39 is 11.6 Å². The third-order valence-corrected chi connectivity index (χ3v) is 6.28. The molecule has 2 N–H and O–H groups in total. The summed E-state index contributed by atoms with van der Waals surface area (Å²) < 4.78 is 12.0. The quantitative estimate of drug-likeness (QED) is 0.245. The molecule has 5 nitrogen and oxygen atoms in total. The summed E-state index contributed by atoms with van der Waals surface area (Å²) in [5.74, 6) is 1.28. The Hall–Kier alpha value is -4.09. The summed E-state index contributed by atoms with van der Waals surface area (Å²) >= 11 is 0. The van der Waals surface area contributed by atoms with Crippen LogP contribution in [0.25, 0.3) is 0 Å². The van der Waals surface area contributed by atoms with Gasteiger partial charge in [0, 0.05) is 22.9 Å². The maximum absolute atomic E-state index is 12.9. The summed E-state index contributed by atoms with van der Waals surface area (Å²) in [5, 5.41) is 23.3. The van der Waals surface area contributed by atoms with Gasteiger partial charge in [0.05, 0.1) is 19.3 Å². The minimum absolute atomic E-state index is 0.123. The lowest BCUT2D eigenvalue weighted by atomic mass is 9.77. The fourth-order valence-corrected chi connectivity index (χ4v) is 4.54. The van der Waals surface area contributed by atoms with Crippen LogP contribution in [0.4, 0.5) is 0 Å². The second-order valence-corrected chi connectivity index (χ2v) is 8.67. The number of hydrogen-bond donors (Lipinski definition) is 2. The normalized spacial score (nSPS) is 12.4. The van der Waals surface area contributed by atoms with Gasteiger partial charge in [-0.15, -0.1) is 0 Å². The number of nitrogens with zero attached hydrogens (tertiary/aromatic N) is 1. The van der Waals surface area contributed by atoms with Crippen molar-refractivity contribution in [1.29, 1.82) is 0 Å². The van der Waals surface area contributed by atoms with E-state index >= 15 is 0 Å². The third-order valence-electron chi connectivity index (χ3n) is 6.28. The number of aliphatic hydroxyl groups is 1. The highest BCUT2D eigenvalue weighted by Gasteiger charge is 2.44. The summed E-state index contributed by atoms with van der Waals surface area (Å²) in [6, 6.07) is 31.3. The molecule has 1 unspecified atom stereocenters. The summed E-state index contributed by atoms with van der Waals surface area (Å²) in [6.07, 6.45) is 2.06. The molecule has 0 aliphatic rings. The molecule has 4 rings (SSSR count). The predicted octanol–water partition coefficient (Wildman–Crippen LogP) is 6.16. The largest absolute Gasteiger partial charge is 0.507 e. The Bertz CT molecular complexity index is 1270. The fourth-order valence-electron chi connectivity index (χ4n) is 4.54. The molecule has 190 valence electrons. The standard InChI is InChI=1S/C32H33NO4/c1-3-36-29-20-12-9-17-26(29)32(35,27-18-10-13-21-30(27)37-4-2)31(22-24-14-6-5-7-15-24)33-23-25-16-8-11-19-28(25)34/h5-21,23,31,34-35H,3-4,22H2,1-2H3. The molecule has 0 fully saturated rings. The zero-order valence-corrected chi connectivity index (χ0v) is 21.2. The van der Waals surface area contributed by atoms with Gasteiger partial charge in [-0.05, 0) is 50.1 Å². The van der Waals surface area contributed by atoms with Gasteiger partial charge in [-0.25, -0.2) is 0 Å². The number of aromatic hydroxyl groups is 1. The Morgan fingerprint density at radius 2 is 1.24 bits per heavy atom. The SMILES string of the molecule is CCOc1ccccc1C(O)(c1ccccc1OCC)C(Cc1ccccc1)N=Cc1ccccc1O. The fraction of sp³-hybridized carbons (Fsp3) is 0.219. The minimum Gasteiger partial charge on any atom is -0.507 e. The number of rotatable bonds is 11. The van der Waals surface area contributed by atoms with Crippen LogP contribution in [0.15, 0.2) is 108 Å². The number of phenols is 1. The Labute approximate surface area is 218 Å². The second kappa shape index (κ2) is 12.2. The molecule has 0 saturated carbocycles. The van der Waals surface area contributed by atoms with E-state index in [0.717, 1.165) is 5.56 Å². The maximum atomic E-state index is 12.9. The van der Waals surface area contributed by atoms with Crippen LogP contribution in [0.3, 0.4) is 0 Å². The van der Waals surface area contributed by atoms with Gasteiger partial charge in [0.1, 0.15) is 22.8 Å². The van der Waals surface area contributed by atoms with E-state index in [9.17, 15) is 10.2 Å². The Kier molecular flexibility index (Phi) is 8.60. The van der Waals surface area contributed by atoms with E-state index in [1.54, 1.807) is 24.4 Å². The van der Waals surface area contributed by atoms with Crippen LogP contribution in [0.5, 0.6) is 17.2 Å². The Balaban J connectivity index is 1.96. The highest BCUT2D eigenvalue weighted by Crippen LogP contribution is 2.44. The van der Waals surface area contributed by atoms with Gasteiger partial charge in [0.2, 0.25) is 0 Å². The van der Waals surface area contributed by atoms with E-state index in [2.05, 4.69) is 0 Å². The predicted molar refractivity (Wildman–Crippen MR) is 148 cm³/mol. The van der Waals surface area contributed by atoms with Gasteiger partial charge in [-0.3, -0.25) is 4.99 Å². The van der Waals surface area contributed by atoms with Crippen molar-refractivity contribution in [3.8, 4) is 17.2 Å². The summed E-state index contributed by atoms with van der Waals surface area (Å²) in [6.45, 7) is 4.74. The summed E-state index contributed by atoms with van der Waals surface area (Å²) in [4.78, 5) is 4.93. The van der Waals surface area contributed by atoms with Crippen molar-refractivity contribution in [2.24, 2.45) is 4.99 Å². The second-order valence-electron chi connectivity index (χ2n) is 8.67. The number of ether oxygens (including phenoxy) is 2. The molecule has 0 heterocycles. The van der Waals surface area contributed by atoms with Gasteiger partial charge in [0.15, 0.2) is 0 Å². The van der Waals surface area contributed by atoms with Crippen molar-refractivity contribution in [1.82, 2.24) is 0 Å². The molecule has 4 aromatic rings. The Morgan fingerprint density at radius 1 is 0.730 bits per heavy atom. The number of aliphatic imine (C=N–C) groups is 1. The van der Waals surface area contributed by atoms with Crippen molar-refractivity contribution >= 4 is 6.21 Å². The monoisotopic (exact) mass is 495 g/mol. The van der Waals surface area contributed by atoms with E-state index in [4.69, 9.17) is 14.5 Å². The average Bonchev–Trinajstić information content (AvgIpc) is 2.93. The summed E-state index contributed by atoms with van der Waals surface area (Å²) in [5.41, 5.74) is 1.16. The smallest absolute Gasteiger partial charge is 0.144 e. The lowest BCUT2D eigenvalue weighted by Gasteiger charge is -2.37. The molecular formula is C32H33NO4. The molecule has 0 spiro atoms. The van der Waals surface area contributed by atoms with E-state index in [0.29, 0.717) is 47.8 Å². The van der Waals surface area contributed by atoms with Crippen molar-refractivity contribution in [2.45, 2.75) is 31.9 Å². The molecule has 0 saturated heterocycles. The van der Waals surface area contributed by atoms with Crippen LogP contribution in [-0.2, 0) is 12.0 Å². The number of phenolic OH excluding ortho intramolecular Hbond substituents is 1.